The molecule has 0 amide bonds. The summed E-state index contributed by atoms with van der Waals surface area (Å²) in [7, 11) is 6.53. The zero-order valence-corrected chi connectivity index (χ0v) is 27.7. The van der Waals surface area contributed by atoms with Gasteiger partial charge in [-0.25, -0.2) is 0 Å². The van der Waals surface area contributed by atoms with Crippen LogP contribution in [0.3, 0.4) is 0 Å². The summed E-state index contributed by atoms with van der Waals surface area (Å²) in [5.41, 5.74) is 8.76. The molecule has 0 N–H and O–H groups in total. The molecule has 4 aliphatic rings. The molecule has 4 saturated carbocycles. The summed E-state index contributed by atoms with van der Waals surface area (Å²) in [5.74, 6) is 3.31. The minimum atomic E-state index is -0.441. The molecule has 40 heavy (non-hydrogen) atoms. The molecule has 0 aliphatic heterocycles. The number of nitrogens with zero attached hydrogens (tertiary/aromatic N) is 2. The van der Waals surface area contributed by atoms with Crippen molar-refractivity contribution in [3.05, 3.63) is 94.6 Å². The molecule has 0 spiro atoms. The predicted octanol–water partition coefficient (Wildman–Crippen LogP) is 8.81. The molecule has 5 unspecified atom stereocenters. The standard InChI is InChI=1S/C36H48N2P2/c1-33(2,3)28-16-30(35-18-23-13-24(19-35)15-25(14-23)32(35)22-39)31(17-29(28)34(4,5)6)36(40,26-9-7-11-37-20-26)27-10-8-12-38-21-27/h7-12,16-17,20-21,23-25,32H,13-15,18-19,22,39-40H2,1-6H3. The maximum absolute atomic E-state index is 4.65. The maximum Gasteiger partial charge on any atom is 0.0624 e. The van der Waals surface area contributed by atoms with Crippen LogP contribution in [0.25, 0.3) is 0 Å². The third-order valence-corrected chi connectivity index (χ3v) is 12.2. The van der Waals surface area contributed by atoms with Gasteiger partial charge in [0.1, 0.15) is 0 Å². The summed E-state index contributed by atoms with van der Waals surface area (Å²) in [6.07, 6.45) is 16.1. The maximum atomic E-state index is 4.65. The van der Waals surface area contributed by atoms with E-state index < -0.39 is 5.16 Å². The van der Waals surface area contributed by atoms with Crippen molar-refractivity contribution in [3.63, 3.8) is 0 Å². The van der Waals surface area contributed by atoms with Crippen LogP contribution in [0.1, 0.15) is 107 Å². The third-order valence-electron chi connectivity index (χ3n) is 10.7. The van der Waals surface area contributed by atoms with Gasteiger partial charge in [0.15, 0.2) is 0 Å². The van der Waals surface area contributed by atoms with E-state index in [-0.39, 0.29) is 16.2 Å². The van der Waals surface area contributed by atoms with E-state index in [0.29, 0.717) is 0 Å². The fourth-order valence-electron chi connectivity index (χ4n) is 9.23. The molecule has 4 bridgehead atoms. The highest BCUT2D eigenvalue weighted by molar-refractivity contribution is 7.19. The van der Waals surface area contributed by atoms with Gasteiger partial charge in [0, 0.05) is 24.8 Å². The molecule has 212 valence electrons. The molecule has 7 rings (SSSR count). The minimum Gasteiger partial charge on any atom is -0.264 e. The van der Waals surface area contributed by atoms with Gasteiger partial charge in [0.05, 0.1) is 5.16 Å². The second-order valence-electron chi connectivity index (χ2n) is 15.3. The quantitative estimate of drug-likeness (QED) is 0.287. The Morgan fingerprint density at radius 2 is 1.30 bits per heavy atom. The van der Waals surface area contributed by atoms with Crippen LogP contribution in [0.2, 0.25) is 0 Å². The highest BCUT2D eigenvalue weighted by Gasteiger charge is 2.58. The zero-order valence-electron chi connectivity index (χ0n) is 25.4. The fraction of sp³-hybridized carbons (Fsp3) is 0.556. The zero-order chi connectivity index (χ0) is 28.5. The third kappa shape index (κ3) is 4.52. The van der Waals surface area contributed by atoms with Crippen molar-refractivity contribution in [2.24, 2.45) is 23.7 Å². The van der Waals surface area contributed by atoms with Gasteiger partial charge in [-0.3, -0.25) is 9.97 Å². The summed E-state index contributed by atoms with van der Waals surface area (Å²) >= 11 is 0. The topological polar surface area (TPSA) is 25.8 Å². The summed E-state index contributed by atoms with van der Waals surface area (Å²) < 4.78 is 0. The van der Waals surface area contributed by atoms with Gasteiger partial charge in [-0.15, -0.1) is 18.5 Å². The van der Waals surface area contributed by atoms with Crippen LogP contribution in [0.15, 0.2) is 61.2 Å². The molecule has 4 fully saturated rings. The van der Waals surface area contributed by atoms with Gasteiger partial charge in [0.2, 0.25) is 0 Å². The molecule has 0 saturated heterocycles. The van der Waals surface area contributed by atoms with Gasteiger partial charge in [-0.2, -0.15) is 0 Å². The summed E-state index contributed by atoms with van der Waals surface area (Å²) in [5, 5.41) is -0.441. The lowest BCUT2D eigenvalue weighted by molar-refractivity contribution is -0.0522. The van der Waals surface area contributed by atoms with Gasteiger partial charge >= 0.3 is 0 Å². The first-order chi connectivity index (χ1) is 18.9. The van der Waals surface area contributed by atoms with Crippen molar-refractivity contribution in [2.75, 3.05) is 6.16 Å². The van der Waals surface area contributed by atoms with Gasteiger partial charge in [0.25, 0.3) is 0 Å². The summed E-state index contributed by atoms with van der Waals surface area (Å²) in [6, 6.07) is 14.0. The average Bonchev–Trinajstić information content (AvgIpc) is 2.91. The van der Waals surface area contributed by atoms with E-state index in [9.17, 15) is 0 Å². The van der Waals surface area contributed by atoms with Crippen LogP contribution >= 0.6 is 18.5 Å². The predicted molar refractivity (Wildman–Crippen MR) is 175 cm³/mol. The SMILES string of the molecule is CC(C)(C)c1cc(C(P)(c2cccnc2)c2cccnc2)c(C23CC4CC(CC(C4)C2CP)C3)cc1C(C)(C)C. The summed E-state index contributed by atoms with van der Waals surface area (Å²) in [4.78, 5) is 9.29. The molecule has 0 radical (unpaired) electrons. The molecule has 1 aromatic carbocycles. The second-order valence-corrected chi connectivity index (χ2v) is 16.7. The van der Waals surface area contributed by atoms with E-state index in [2.05, 4.69) is 119 Å². The fourth-order valence-corrected chi connectivity index (χ4v) is 10.6. The Morgan fingerprint density at radius 1 is 0.775 bits per heavy atom. The van der Waals surface area contributed by atoms with E-state index in [4.69, 9.17) is 0 Å². The van der Waals surface area contributed by atoms with Crippen molar-refractivity contribution in [2.45, 2.75) is 95.0 Å². The largest absolute Gasteiger partial charge is 0.264 e. The highest BCUT2D eigenvalue weighted by atomic mass is 31.0. The second kappa shape index (κ2) is 9.99. The molecule has 3 aromatic rings. The number of hydrogen-bond donors (Lipinski definition) is 0. The van der Waals surface area contributed by atoms with Crippen molar-refractivity contribution in [3.8, 4) is 0 Å². The molecular formula is C36H48N2P2. The lowest BCUT2D eigenvalue weighted by Gasteiger charge is -2.62. The number of hydrogen-bond acceptors (Lipinski definition) is 2. The van der Waals surface area contributed by atoms with E-state index in [1.165, 1.54) is 66.1 Å². The Morgan fingerprint density at radius 3 is 1.75 bits per heavy atom. The van der Waals surface area contributed by atoms with Crippen molar-refractivity contribution in [1.29, 1.82) is 0 Å². The van der Waals surface area contributed by atoms with Crippen LogP contribution in [0, 0.1) is 23.7 Å². The number of rotatable bonds is 5. The van der Waals surface area contributed by atoms with E-state index in [1.807, 2.05) is 12.4 Å². The molecule has 5 atom stereocenters. The highest BCUT2D eigenvalue weighted by Crippen LogP contribution is 2.66. The Hall–Kier alpha value is -1.62. The van der Waals surface area contributed by atoms with Gasteiger partial charge in [-0.1, -0.05) is 65.8 Å². The minimum absolute atomic E-state index is 0.0207. The van der Waals surface area contributed by atoms with Crippen molar-refractivity contribution in [1.82, 2.24) is 9.97 Å². The van der Waals surface area contributed by atoms with Crippen molar-refractivity contribution < 1.29 is 0 Å². The van der Waals surface area contributed by atoms with Crippen LogP contribution in [0.5, 0.6) is 0 Å². The van der Waals surface area contributed by atoms with Crippen LogP contribution in [0.4, 0.5) is 0 Å². The molecule has 2 aromatic heterocycles. The van der Waals surface area contributed by atoms with Crippen LogP contribution in [-0.4, -0.2) is 16.1 Å². The van der Waals surface area contributed by atoms with Crippen molar-refractivity contribution >= 4 is 18.5 Å². The molecule has 4 heteroatoms. The molecule has 4 aliphatic carbocycles. The first kappa shape index (κ1) is 28.5. The van der Waals surface area contributed by atoms with E-state index >= 15 is 0 Å². The number of pyridine rings is 2. The number of benzene rings is 1. The lowest BCUT2D eigenvalue weighted by Crippen LogP contribution is -2.56. The van der Waals surface area contributed by atoms with E-state index in [1.54, 1.807) is 5.56 Å². The summed E-state index contributed by atoms with van der Waals surface area (Å²) in [6.45, 7) is 14.4. The number of aromatic nitrogens is 2. The smallest absolute Gasteiger partial charge is 0.0624 e. The molecule has 2 nitrogen and oxygen atoms in total. The lowest BCUT2D eigenvalue weighted by atomic mass is 9.43. The first-order valence-electron chi connectivity index (χ1n) is 15.4. The Labute approximate surface area is 247 Å². The average molecular weight is 571 g/mol. The van der Waals surface area contributed by atoms with Gasteiger partial charge in [-0.05, 0) is 124 Å². The Kier molecular flexibility index (Phi) is 7.12. The Bertz CT molecular complexity index is 1320. The van der Waals surface area contributed by atoms with Crippen LogP contribution in [-0.2, 0) is 21.4 Å². The van der Waals surface area contributed by atoms with Gasteiger partial charge < -0.3 is 0 Å². The normalized spacial score (nSPS) is 28.2. The Balaban J connectivity index is 1.73. The molecular weight excluding hydrogens is 522 g/mol. The first-order valence-corrected chi connectivity index (χ1v) is 16.8. The van der Waals surface area contributed by atoms with E-state index in [0.717, 1.165) is 23.7 Å². The molecule has 2 heterocycles. The monoisotopic (exact) mass is 570 g/mol. The van der Waals surface area contributed by atoms with Crippen LogP contribution < -0.4 is 0 Å².